The minimum Gasteiger partial charge on any atom is -0.469 e. The lowest BCUT2D eigenvalue weighted by Crippen LogP contribution is -2.41. The lowest BCUT2D eigenvalue weighted by atomic mass is 10.3. The van der Waals surface area contributed by atoms with Crippen LogP contribution in [-0.4, -0.2) is 56.8 Å². The minimum atomic E-state index is 0. The topological polar surface area (TPSA) is 62.0 Å². The fourth-order valence-electron chi connectivity index (χ4n) is 2.99. The molecule has 2 N–H and O–H groups in total. The van der Waals surface area contributed by atoms with E-state index in [9.17, 15) is 0 Å². The SMILES string of the molecule is Cc1ccc(CN=C(NCCCN2CCOCC2)NCCc2ccco2)s1.I. The molecule has 0 atom stereocenters. The Bertz CT molecular complexity index is 684. The molecule has 1 saturated heterocycles. The predicted octanol–water partition coefficient (Wildman–Crippen LogP) is 3.27. The molecule has 1 fully saturated rings. The summed E-state index contributed by atoms with van der Waals surface area (Å²) in [4.78, 5) is 9.82. The van der Waals surface area contributed by atoms with Gasteiger partial charge >= 0.3 is 0 Å². The summed E-state index contributed by atoms with van der Waals surface area (Å²) in [6.07, 6.45) is 3.66. The molecule has 0 aromatic carbocycles. The van der Waals surface area contributed by atoms with E-state index in [2.05, 4.69) is 34.6 Å². The van der Waals surface area contributed by atoms with Crippen LogP contribution < -0.4 is 10.6 Å². The average molecular weight is 518 g/mol. The van der Waals surface area contributed by atoms with Crippen LogP contribution in [0, 0.1) is 6.92 Å². The molecule has 1 aliphatic rings. The third-order valence-corrected chi connectivity index (χ3v) is 5.47. The fourth-order valence-corrected chi connectivity index (χ4v) is 3.81. The number of hydrogen-bond donors (Lipinski definition) is 2. The van der Waals surface area contributed by atoms with E-state index in [1.807, 2.05) is 12.1 Å². The number of nitrogens with one attached hydrogen (secondary N) is 2. The van der Waals surface area contributed by atoms with E-state index in [1.165, 1.54) is 9.75 Å². The van der Waals surface area contributed by atoms with Gasteiger partial charge in [0.25, 0.3) is 0 Å². The molecule has 0 unspecified atom stereocenters. The minimum absolute atomic E-state index is 0. The lowest BCUT2D eigenvalue weighted by Gasteiger charge is -2.26. The van der Waals surface area contributed by atoms with Crippen molar-refractivity contribution in [1.82, 2.24) is 15.5 Å². The highest BCUT2D eigenvalue weighted by Crippen LogP contribution is 2.15. The summed E-state index contributed by atoms with van der Waals surface area (Å²) in [5.41, 5.74) is 0. The molecule has 156 valence electrons. The fraction of sp³-hybridized carbons (Fsp3) is 0.550. The first-order valence-electron chi connectivity index (χ1n) is 9.69. The monoisotopic (exact) mass is 518 g/mol. The quantitative estimate of drug-likeness (QED) is 0.231. The molecule has 8 heteroatoms. The zero-order chi connectivity index (χ0) is 18.7. The molecular weight excluding hydrogens is 487 g/mol. The second-order valence-electron chi connectivity index (χ2n) is 6.67. The summed E-state index contributed by atoms with van der Waals surface area (Å²) in [5.74, 6) is 1.86. The number of aryl methyl sites for hydroxylation is 1. The van der Waals surface area contributed by atoms with Crippen LogP contribution in [0.2, 0.25) is 0 Å². The second-order valence-corrected chi connectivity index (χ2v) is 8.04. The van der Waals surface area contributed by atoms with Crippen LogP contribution in [0.5, 0.6) is 0 Å². The number of hydrogen-bond acceptors (Lipinski definition) is 5. The Labute approximate surface area is 188 Å². The smallest absolute Gasteiger partial charge is 0.191 e. The number of furan rings is 1. The molecular formula is C20H31IN4O2S. The van der Waals surface area contributed by atoms with Gasteiger partial charge in [-0.1, -0.05) is 0 Å². The number of morpholine rings is 1. The van der Waals surface area contributed by atoms with Crippen LogP contribution in [-0.2, 0) is 17.7 Å². The molecule has 0 amide bonds. The van der Waals surface area contributed by atoms with E-state index in [-0.39, 0.29) is 24.0 Å². The molecule has 0 radical (unpaired) electrons. The van der Waals surface area contributed by atoms with Gasteiger partial charge in [-0.2, -0.15) is 0 Å². The highest BCUT2D eigenvalue weighted by molar-refractivity contribution is 14.0. The van der Waals surface area contributed by atoms with Gasteiger partial charge in [0.2, 0.25) is 0 Å². The summed E-state index contributed by atoms with van der Waals surface area (Å²) in [5, 5.41) is 6.89. The van der Waals surface area contributed by atoms with Gasteiger partial charge < -0.3 is 19.8 Å². The maximum atomic E-state index is 5.40. The first-order chi connectivity index (χ1) is 13.3. The second kappa shape index (κ2) is 13.2. The Balaban J connectivity index is 0.00000280. The van der Waals surface area contributed by atoms with Crippen molar-refractivity contribution in [1.29, 1.82) is 0 Å². The van der Waals surface area contributed by atoms with E-state index in [1.54, 1.807) is 17.6 Å². The van der Waals surface area contributed by atoms with Gasteiger partial charge in [-0.25, -0.2) is 4.99 Å². The number of halogens is 1. The number of nitrogens with zero attached hydrogens (tertiary/aromatic N) is 2. The molecule has 0 bridgehead atoms. The molecule has 0 spiro atoms. The highest BCUT2D eigenvalue weighted by atomic mass is 127. The van der Waals surface area contributed by atoms with E-state index in [4.69, 9.17) is 14.1 Å². The van der Waals surface area contributed by atoms with Crippen molar-refractivity contribution in [2.75, 3.05) is 45.9 Å². The van der Waals surface area contributed by atoms with Gasteiger partial charge in [0.05, 0.1) is 26.0 Å². The van der Waals surface area contributed by atoms with Crippen LogP contribution in [0.4, 0.5) is 0 Å². The molecule has 0 saturated carbocycles. The molecule has 3 rings (SSSR count). The van der Waals surface area contributed by atoms with Crippen LogP contribution in [0.25, 0.3) is 0 Å². The van der Waals surface area contributed by atoms with Crippen LogP contribution >= 0.6 is 35.3 Å². The van der Waals surface area contributed by atoms with Crippen molar-refractivity contribution < 1.29 is 9.15 Å². The number of guanidine groups is 1. The summed E-state index contributed by atoms with van der Waals surface area (Å²) in [6, 6.07) is 8.23. The van der Waals surface area contributed by atoms with Crippen molar-refractivity contribution in [2.24, 2.45) is 4.99 Å². The van der Waals surface area contributed by atoms with Crippen molar-refractivity contribution in [3.63, 3.8) is 0 Å². The zero-order valence-electron chi connectivity index (χ0n) is 16.5. The molecule has 0 aliphatic carbocycles. The molecule has 28 heavy (non-hydrogen) atoms. The summed E-state index contributed by atoms with van der Waals surface area (Å²) < 4.78 is 10.8. The predicted molar refractivity (Wildman–Crippen MR) is 126 cm³/mol. The lowest BCUT2D eigenvalue weighted by molar-refractivity contribution is 0.0376. The summed E-state index contributed by atoms with van der Waals surface area (Å²) >= 11 is 1.80. The van der Waals surface area contributed by atoms with Gasteiger partial charge in [0.15, 0.2) is 5.96 Å². The summed E-state index contributed by atoms with van der Waals surface area (Å²) in [7, 11) is 0. The molecule has 6 nitrogen and oxygen atoms in total. The number of rotatable bonds is 9. The number of thiophene rings is 1. The first kappa shape index (κ1) is 23.2. The average Bonchev–Trinajstić information content (AvgIpc) is 3.35. The van der Waals surface area contributed by atoms with Gasteiger partial charge in [-0.3, -0.25) is 4.90 Å². The van der Waals surface area contributed by atoms with Gasteiger partial charge in [-0.15, -0.1) is 35.3 Å². The van der Waals surface area contributed by atoms with Gasteiger partial charge in [0.1, 0.15) is 5.76 Å². The molecule has 3 heterocycles. The Kier molecular flexibility index (Phi) is 10.9. The normalized spacial score (nSPS) is 15.2. The zero-order valence-corrected chi connectivity index (χ0v) is 19.6. The van der Waals surface area contributed by atoms with Crippen molar-refractivity contribution in [2.45, 2.75) is 26.3 Å². The van der Waals surface area contributed by atoms with Crippen molar-refractivity contribution >= 4 is 41.3 Å². The molecule has 1 aliphatic heterocycles. The summed E-state index contributed by atoms with van der Waals surface area (Å²) in [6.45, 7) is 9.44. The number of aliphatic imine (C=N–C) groups is 1. The largest absolute Gasteiger partial charge is 0.469 e. The van der Waals surface area contributed by atoms with E-state index in [0.29, 0.717) is 6.54 Å². The Morgan fingerprint density at radius 1 is 1.18 bits per heavy atom. The Morgan fingerprint density at radius 2 is 2.00 bits per heavy atom. The maximum Gasteiger partial charge on any atom is 0.191 e. The van der Waals surface area contributed by atoms with E-state index >= 15 is 0 Å². The van der Waals surface area contributed by atoms with Crippen molar-refractivity contribution in [3.8, 4) is 0 Å². The van der Waals surface area contributed by atoms with Gasteiger partial charge in [0, 0.05) is 42.4 Å². The standard InChI is InChI=1S/C20H30N4O2S.HI/c1-17-5-6-19(27-17)16-23-20(22-9-7-18-4-2-13-26-18)21-8-3-10-24-11-14-25-15-12-24;/h2,4-6,13H,3,7-12,14-16H2,1H3,(H2,21,22,23);1H. The Morgan fingerprint density at radius 3 is 2.71 bits per heavy atom. The number of ether oxygens (including phenoxy) is 1. The molecule has 2 aromatic rings. The molecule has 2 aromatic heterocycles. The Hall–Kier alpha value is -1.10. The van der Waals surface area contributed by atoms with E-state index < -0.39 is 0 Å². The third kappa shape index (κ3) is 8.50. The van der Waals surface area contributed by atoms with Gasteiger partial charge in [-0.05, 0) is 44.2 Å². The van der Waals surface area contributed by atoms with E-state index in [0.717, 1.165) is 70.5 Å². The van der Waals surface area contributed by atoms with Crippen molar-refractivity contribution in [3.05, 3.63) is 46.0 Å². The highest BCUT2D eigenvalue weighted by Gasteiger charge is 2.09. The van der Waals surface area contributed by atoms with Crippen LogP contribution in [0.3, 0.4) is 0 Å². The third-order valence-electron chi connectivity index (χ3n) is 4.48. The maximum absolute atomic E-state index is 5.40. The first-order valence-corrected chi connectivity index (χ1v) is 10.5. The van der Waals surface area contributed by atoms with Crippen LogP contribution in [0.1, 0.15) is 21.9 Å². The van der Waals surface area contributed by atoms with Crippen LogP contribution in [0.15, 0.2) is 39.9 Å².